The van der Waals surface area contributed by atoms with Crippen molar-refractivity contribution in [1.82, 2.24) is 14.8 Å². The van der Waals surface area contributed by atoms with Crippen LogP contribution in [0.3, 0.4) is 0 Å². The van der Waals surface area contributed by atoms with Crippen molar-refractivity contribution in [3.05, 3.63) is 41.7 Å². The molecule has 1 amide bonds. The minimum absolute atomic E-state index is 0.0261. The van der Waals surface area contributed by atoms with Crippen LogP contribution >= 0.6 is 0 Å². The molecule has 1 aliphatic rings. The van der Waals surface area contributed by atoms with Crippen LogP contribution in [0.15, 0.2) is 34.9 Å². The fourth-order valence-corrected chi connectivity index (χ4v) is 5.07. The van der Waals surface area contributed by atoms with Gasteiger partial charge < -0.3 is 9.84 Å². The first-order valence-corrected chi connectivity index (χ1v) is 11.7. The Morgan fingerprint density at radius 1 is 1.28 bits per heavy atom. The summed E-state index contributed by atoms with van der Waals surface area (Å²) in [6.07, 6.45) is 1.55. The number of benzene rings is 1. The summed E-state index contributed by atoms with van der Waals surface area (Å²) in [5, 5.41) is 7.05. The third-order valence-corrected chi connectivity index (χ3v) is 7.37. The van der Waals surface area contributed by atoms with Gasteiger partial charge in [0.15, 0.2) is 0 Å². The molecule has 0 bridgehead atoms. The number of nitrogens with zero attached hydrogens (tertiary/aromatic N) is 2. The summed E-state index contributed by atoms with van der Waals surface area (Å²) in [5.41, 5.74) is 1.95. The van der Waals surface area contributed by atoms with Gasteiger partial charge >= 0.3 is 0 Å². The van der Waals surface area contributed by atoms with Crippen molar-refractivity contribution in [2.24, 2.45) is 5.41 Å². The van der Waals surface area contributed by atoms with Gasteiger partial charge in [0.2, 0.25) is 15.9 Å². The van der Waals surface area contributed by atoms with Crippen LogP contribution in [0.2, 0.25) is 0 Å². The molecule has 1 unspecified atom stereocenters. The van der Waals surface area contributed by atoms with Crippen LogP contribution in [0, 0.1) is 12.3 Å². The fourth-order valence-electron chi connectivity index (χ4n) is 3.86. The second-order valence-corrected chi connectivity index (χ2v) is 9.96. The van der Waals surface area contributed by atoms with E-state index in [4.69, 9.17) is 4.52 Å². The van der Waals surface area contributed by atoms with Crippen LogP contribution in [0.5, 0.6) is 0 Å². The third-order valence-electron chi connectivity index (χ3n) is 5.54. The Balaban J connectivity index is 1.88. The van der Waals surface area contributed by atoms with Gasteiger partial charge in [0.25, 0.3) is 0 Å². The maximum Gasteiger partial charge on any atom is 0.228 e. The van der Waals surface area contributed by atoms with E-state index in [1.54, 1.807) is 6.92 Å². The number of sulfonamides is 1. The van der Waals surface area contributed by atoms with Crippen molar-refractivity contribution in [2.75, 3.05) is 25.4 Å². The quantitative estimate of drug-likeness (QED) is 0.745. The average Bonchev–Trinajstić information content (AvgIpc) is 3.17. The molecule has 2 heterocycles. The van der Waals surface area contributed by atoms with E-state index in [2.05, 4.69) is 10.5 Å². The molecule has 7 nitrogen and oxygen atoms in total. The molecule has 29 heavy (non-hydrogen) atoms. The number of rotatable bonds is 7. The van der Waals surface area contributed by atoms with Crippen molar-refractivity contribution >= 4 is 15.9 Å². The van der Waals surface area contributed by atoms with Gasteiger partial charge in [-0.3, -0.25) is 4.79 Å². The van der Waals surface area contributed by atoms with Crippen LogP contribution in [0.4, 0.5) is 0 Å². The minimum atomic E-state index is -3.37. The van der Waals surface area contributed by atoms with Crippen molar-refractivity contribution in [3.8, 4) is 11.3 Å². The minimum Gasteiger partial charge on any atom is -0.361 e. The number of piperidine rings is 1. The Hall–Kier alpha value is -2.19. The van der Waals surface area contributed by atoms with Crippen molar-refractivity contribution in [2.45, 2.75) is 40.0 Å². The van der Waals surface area contributed by atoms with Crippen LogP contribution in [0.1, 0.15) is 38.0 Å². The normalized spacial score (nSPS) is 20.5. The van der Waals surface area contributed by atoms with Gasteiger partial charge in [-0.05, 0) is 33.6 Å². The number of aryl methyl sites for hydroxylation is 1. The number of hydrogen-bond acceptors (Lipinski definition) is 5. The van der Waals surface area contributed by atoms with Gasteiger partial charge in [-0.1, -0.05) is 35.0 Å². The largest absolute Gasteiger partial charge is 0.361 e. The SMILES string of the molecule is CCNC(=O)C1(Cc2cc(-c3ccc(C)cc3)no2)CCCN(S(=O)(=O)CC)C1. The first-order chi connectivity index (χ1) is 13.8. The maximum atomic E-state index is 13.0. The van der Waals surface area contributed by atoms with Gasteiger partial charge in [-0.2, -0.15) is 0 Å². The standard InChI is InChI=1S/C21H29N3O4S/c1-4-22-20(25)21(11-6-12-24(15-21)29(26,27)5-2)14-18-13-19(23-28-18)17-9-7-16(3)8-10-17/h7-10,13H,4-6,11-12,14-15H2,1-3H3,(H,22,25). The molecule has 1 aliphatic heterocycles. The predicted molar refractivity (Wildman–Crippen MR) is 112 cm³/mol. The maximum absolute atomic E-state index is 13.0. The average molecular weight is 420 g/mol. The van der Waals surface area contributed by atoms with E-state index in [0.717, 1.165) is 11.1 Å². The van der Waals surface area contributed by atoms with E-state index in [1.807, 2.05) is 44.2 Å². The van der Waals surface area contributed by atoms with E-state index in [1.165, 1.54) is 4.31 Å². The highest BCUT2D eigenvalue weighted by Gasteiger charge is 2.45. The first kappa shape index (κ1) is 21.5. The zero-order valence-corrected chi connectivity index (χ0v) is 18.1. The van der Waals surface area contributed by atoms with Crippen LogP contribution in [-0.2, 0) is 21.2 Å². The highest BCUT2D eigenvalue weighted by molar-refractivity contribution is 7.89. The highest BCUT2D eigenvalue weighted by Crippen LogP contribution is 2.36. The Bertz CT molecular complexity index is 953. The molecule has 1 aromatic carbocycles. The molecule has 0 aliphatic carbocycles. The molecule has 3 rings (SSSR count). The smallest absolute Gasteiger partial charge is 0.228 e. The molecule has 2 aromatic rings. The molecule has 1 saturated heterocycles. The molecule has 0 spiro atoms. The summed E-state index contributed by atoms with van der Waals surface area (Å²) in [6.45, 7) is 6.61. The van der Waals surface area contributed by atoms with E-state index in [9.17, 15) is 13.2 Å². The lowest BCUT2D eigenvalue weighted by molar-refractivity contribution is -0.133. The zero-order chi connectivity index (χ0) is 21.1. The van der Waals surface area contributed by atoms with Crippen LogP contribution in [0.25, 0.3) is 11.3 Å². The number of carbonyl (C=O) groups excluding carboxylic acids is 1. The van der Waals surface area contributed by atoms with E-state index >= 15 is 0 Å². The fraction of sp³-hybridized carbons (Fsp3) is 0.524. The summed E-state index contributed by atoms with van der Waals surface area (Å²) >= 11 is 0. The Morgan fingerprint density at radius 3 is 2.66 bits per heavy atom. The van der Waals surface area contributed by atoms with Gasteiger partial charge in [0, 0.05) is 37.7 Å². The molecule has 1 N–H and O–H groups in total. The predicted octanol–water partition coefficient (Wildman–Crippen LogP) is 2.76. The van der Waals surface area contributed by atoms with E-state index < -0.39 is 15.4 Å². The van der Waals surface area contributed by atoms with Crippen LogP contribution in [-0.4, -0.2) is 49.2 Å². The molecule has 1 aromatic heterocycles. The first-order valence-electron chi connectivity index (χ1n) is 10.1. The lowest BCUT2D eigenvalue weighted by Crippen LogP contribution is -2.54. The summed E-state index contributed by atoms with van der Waals surface area (Å²) in [5.74, 6) is 0.477. The van der Waals surface area contributed by atoms with Crippen LogP contribution < -0.4 is 5.32 Å². The van der Waals surface area contributed by atoms with Gasteiger partial charge in [0.05, 0.1) is 11.2 Å². The number of carbonyl (C=O) groups is 1. The monoisotopic (exact) mass is 419 g/mol. The van der Waals surface area contributed by atoms with Crippen molar-refractivity contribution in [1.29, 1.82) is 0 Å². The highest BCUT2D eigenvalue weighted by atomic mass is 32.2. The summed E-state index contributed by atoms with van der Waals surface area (Å²) < 4.78 is 31.9. The number of hydrogen-bond donors (Lipinski definition) is 1. The molecule has 0 radical (unpaired) electrons. The lowest BCUT2D eigenvalue weighted by atomic mass is 9.76. The molecule has 8 heteroatoms. The van der Waals surface area contributed by atoms with Gasteiger partial charge in [-0.15, -0.1) is 0 Å². The summed E-state index contributed by atoms with van der Waals surface area (Å²) in [4.78, 5) is 13.0. The lowest BCUT2D eigenvalue weighted by Gasteiger charge is -2.40. The van der Waals surface area contributed by atoms with Gasteiger partial charge in [0.1, 0.15) is 11.5 Å². The van der Waals surface area contributed by atoms with Gasteiger partial charge in [-0.25, -0.2) is 12.7 Å². The molecule has 158 valence electrons. The van der Waals surface area contributed by atoms with E-state index in [0.29, 0.717) is 43.8 Å². The third kappa shape index (κ3) is 4.70. The Kier molecular flexibility index (Phi) is 6.43. The number of amides is 1. The Morgan fingerprint density at radius 2 is 2.00 bits per heavy atom. The molecular weight excluding hydrogens is 390 g/mol. The van der Waals surface area contributed by atoms with Crippen molar-refractivity contribution < 1.29 is 17.7 Å². The molecule has 1 fully saturated rings. The number of aromatic nitrogens is 1. The molecular formula is C21H29N3O4S. The zero-order valence-electron chi connectivity index (χ0n) is 17.3. The number of nitrogens with one attached hydrogen (secondary N) is 1. The second-order valence-electron chi connectivity index (χ2n) is 7.70. The second kappa shape index (κ2) is 8.67. The van der Waals surface area contributed by atoms with E-state index in [-0.39, 0.29) is 18.2 Å². The molecule has 1 atom stereocenters. The van der Waals surface area contributed by atoms with Crippen molar-refractivity contribution in [3.63, 3.8) is 0 Å². The summed E-state index contributed by atoms with van der Waals surface area (Å²) in [7, 11) is -3.37. The Labute approximate surface area is 172 Å². The topological polar surface area (TPSA) is 92.5 Å². The molecule has 0 saturated carbocycles. The summed E-state index contributed by atoms with van der Waals surface area (Å²) in [6, 6.07) is 9.82.